The molecule has 0 bridgehead atoms. The molecule has 4 rings (SSSR count). The lowest BCUT2D eigenvalue weighted by Gasteiger charge is -2.28. The minimum absolute atomic E-state index is 0.101. The van der Waals surface area contributed by atoms with Crippen LogP contribution in [-0.4, -0.2) is 43.5 Å². The van der Waals surface area contributed by atoms with Crippen LogP contribution in [-0.2, 0) is 22.5 Å². The van der Waals surface area contributed by atoms with Crippen LogP contribution in [0.4, 0.5) is 15.4 Å². The summed E-state index contributed by atoms with van der Waals surface area (Å²) in [7, 11) is 0. The van der Waals surface area contributed by atoms with E-state index in [1.165, 1.54) is 12.4 Å². The van der Waals surface area contributed by atoms with Crippen LogP contribution in [0, 0.1) is 0 Å². The van der Waals surface area contributed by atoms with Gasteiger partial charge in [0.15, 0.2) is 17.3 Å². The van der Waals surface area contributed by atoms with Crippen LogP contribution in [0.3, 0.4) is 0 Å². The minimum atomic E-state index is -0.958. The fourth-order valence-electron chi connectivity index (χ4n) is 3.59. The third kappa shape index (κ3) is 8.34. The van der Waals surface area contributed by atoms with Crippen LogP contribution >= 0.6 is 0 Å². The first kappa shape index (κ1) is 29.2. The van der Waals surface area contributed by atoms with Crippen molar-refractivity contribution >= 4 is 18.0 Å². The molecule has 0 N–H and O–H groups in total. The van der Waals surface area contributed by atoms with E-state index in [1.54, 1.807) is 59.9 Å². The van der Waals surface area contributed by atoms with Gasteiger partial charge in [0.25, 0.3) is 0 Å². The van der Waals surface area contributed by atoms with E-state index in [-0.39, 0.29) is 17.3 Å². The number of imide groups is 1. The number of ether oxygens (including phenoxy) is 3. The molecule has 0 saturated carbocycles. The van der Waals surface area contributed by atoms with Gasteiger partial charge in [0.1, 0.15) is 17.8 Å². The number of carbonyl (C=O) groups excluding carboxylic acids is 2. The molecule has 3 heterocycles. The van der Waals surface area contributed by atoms with Gasteiger partial charge in [-0.2, -0.15) is 4.90 Å². The normalized spacial score (nSPS) is 11.6. The molecule has 1 aromatic carbocycles. The monoisotopic (exact) mass is 559 g/mol. The number of nitrogens with zero attached hydrogens (tertiary/aromatic N) is 5. The molecule has 11 heteroatoms. The van der Waals surface area contributed by atoms with E-state index in [0.717, 1.165) is 11.1 Å². The van der Waals surface area contributed by atoms with Gasteiger partial charge in [0, 0.05) is 37.1 Å². The Morgan fingerprint density at radius 3 is 2.05 bits per heavy atom. The fraction of sp³-hybridized carbons (Fsp3) is 0.333. The summed E-state index contributed by atoms with van der Waals surface area (Å²) in [5.74, 6) is 0.684. The zero-order valence-corrected chi connectivity index (χ0v) is 24.0. The predicted octanol–water partition coefficient (Wildman–Crippen LogP) is 6.37. The highest BCUT2D eigenvalue weighted by Gasteiger charge is 2.36. The Hall–Kier alpha value is -4.80. The highest BCUT2D eigenvalue weighted by Crippen LogP contribution is 2.30. The number of carbonyl (C=O) groups is 2. The van der Waals surface area contributed by atoms with E-state index < -0.39 is 23.4 Å². The van der Waals surface area contributed by atoms with E-state index in [2.05, 4.69) is 20.1 Å². The SMILES string of the molecule is CC(C)(C)OC(=O)N(C(=O)OC(C)(C)C)c1nccnc1-c1cc(Cc2ccc(COc3ccccn3)cc2)no1. The van der Waals surface area contributed by atoms with Crippen LogP contribution in [0.15, 0.2) is 71.6 Å². The largest absolute Gasteiger partial charge is 0.473 e. The molecule has 11 nitrogen and oxygen atoms in total. The van der Waals surface area contributed by atoms with Crippen molar-refractivity contribution in [1.29, 1.82) is 0 Å². The maximum atomic E-state index is 13.1. The lowest BCUT2D eigenvalue weighted by molar-refractivity contribution is 0.0429. The lowest BCUT2D eigenvalue weighted by atomic mass is 10.1. The number of aromatic nitrogens is 4. The van der Waals surface area contributed by atoms with Crippen LogP contribution in [0.1, 0.15) is 58.4 Å². The van der Waals surface area contributed by atoms with E-state index in [1.807, 2.05) is 36.4 Å². The highest BCUT2D eigenvalue weighted by atomic mass is 16.6. The molecule has 0 aliphatic rings. The fourth-order valence-corrected chi connectivity index (χ4v) is 3.59. The van der Waals surface area contributed by atoms with Crippen molar-refractivity contribution < 1.29 is 28.3 Å². The highest BCUT2D eigenvalue weighted by molar-refractivity contribution is 6.10. The smallest absolute Gasteiger partial charge is 0.425 e. The van der Waals surface area contributed by atoms with Gasteiger partial charge in [-0.1, -0.05) is 35.5 Å². The van der Waals surface area contributed by atoms with Gasteiger partial charge in [-0.25, -0.2) is 24.5 Å². The Balaban J connectivity index is 1.53. The van der Waals surface area contributed by atoms with Gasteiger partial charge in [-0.3, -0.25) is 0 Å². The number of hydrogen-bond donors (Lipinski definition) is 0. The molecule has 0 aliphatic heterocycles. The van der Waals surface area contributed by atoms with Crippen molar-refractivity contribution in [3.05, 3.63) is 83.9 Å². The summed E-state index contributed by atoms with van der Waals surface area (Å²) >= 11 is 0. The number of amides is 2. The first-order valence-corrected chi connectivity index (χ1v) is 13.0. The number of benzene rings is 1. The molecule has 0 atom stereocenters. The van der Waals surface area contributed by atoms with E-state index in [0.29, 0.717) is 29.5 Å². The van der Waals surface area contributed by atoms with Crippen molar-refractivity contribution in [3.8, 4) is 17.3 Å². The van der Waals surface area contributed by atoms with Crippen LogP contribution in [0.5, 0.6) is 5.88 Å². The van der Waals surface area contributed by atoms with Crippen molar-refractivity contribution in [1.82, 2.24) is 20.1 Å². The van der Waals surface area contributed by atoms with Crippen molar-refractivity contribution in [3.63, 3.8) is 0 Å². The summed E-state index contributed by atoms with van der Waals surface area (Å²) in [6.07, 6.45) is 3.02. The Kier molecular flexibility index (Phi) is 8.65. The Morgan fingerprint density at radius 1 is 0.805 bits per heavy atom. The maximum absolute atomic E-state index is 13.1. The number of pyridine rings is 1. The minimum Gasteiger partial charge on any atom is -0.473 e. The van der Waals surface area contributed by atoms with Crippen LogP contribution in [0.25, 0.3) is 11.5 Å². The molecule has 2 amide bonds. The molecular weight excluding hydrogens is 526 g/mol. The van der Waals surface area contributed by atoms with Crippen molar-refractivity contribution in [2.45, 2.75) is 65.8 Å². The third-order valence-electron chi connectivity index (χ3n) is 5.27. The Morgan fingerprint density at radius 2 is 1.44 bits per heavy atom. The summed E-state index contributed by atoms with van der Waals surface area (Å²) in [6, 6.07) is 15.1. The summed E-state index contributed by atoms with van der Waals surface area (Å²) in [5, 5.41) is 4.17. The predicted molar refractivity (Wildman–Crippen MR) is 150 cm³/mol. The van der Waals surface area contributed by atoms with Crippen LogP contribution in [0.2, 0.25) is 0 Å². The quantitative estimate of drug-likeness (QED) is 0.252. The lowest BCUT2D eigenvalue weighted by Crippen LogP contribution is -2.44. The molecule has 3 aromatic heterocycles. The summed E-state index contributed by atoms with van der Waals surface area (Å²) < 4.78 is 22.2. The third-order valence-corrected chi connectivity index (χ3v) is 5.27. The van der Waals surface area contributed by atoms with E-state index in [4.69, 9.17) is 18.7 Å². The first-order chi connectivity index (χ1) is 19.4. The Labute approximate surface area is 238 Å². The average Bonchev–Trinajstić information content (AvgIpc) is 3.35. The Bertz CT molecular complexity index is 1450. The molecule has 0 aliphatic carbocycles. The van der Waals surface area contributed by atoms with Gasteiger partial charge in [-0.15, -0.1) is 0 Å². The summed E-state index contributed by atoms with van der Waals surface area (Å²) in [4.78, 5) is 39.8. The summed E-state index contributed by atoms with van der Waals surface area (Å²) in [6.45, 7) is 10.6. The second-order valence-corrected chi connectivity index (χ2v) is 11.2. The zero-order chi connectivity index (χ0) is 29.6. The van der Waals surface area contributed by atoms with Gasteiger partial charge in [0.2, 0.25) is 5.88 Å². The first-order valence-electron chi connectivity index (χ1n) is 13.0. The maximum Gasteiger partial charge on any atom is 0.425 e. The second-order valence-electron chi connectivity index (χ2n) is 11.2. The van der Waals surface area contributed by atoms with E-state index >= 15 is 0 Å². The molecule has 4 aromatic rings. The summed E-state index contributed by atoms with van der Waals surface area (Å²) in [5.41, 5.74) is 0.988. The molecule has 0 fully saturated rings. The van der Waals surface area contributed by atoms with Crippen molar-refractivity contribution in [2.24, 2.45) is 0 Å². The van der Waals surface area contributed by atoms with Gasteiger partial charge in [0.05, 0.1) is 5.69 Å². The average molecular weight is 560 g/mol. The van der Waals surface area contributed by atoms with Gasteiger partial charge >= 0.3 is 12.2 Å². The van der Waals surface area contributed by atoms with E-state index in [9.17, 15) is 9.59 Å². The molecule has 41 heavy (non-hydrogen) atoms. The van der Waals surface area contributed by atoms with Gasteiger partial charge < -0.3 is 18.7 Å². The standard InChI is InChI=1S/C30H33N5O6/c1-29(2,3)39-27(36)35(28(37)40-30(4,5)6)26-25(32-15-16-33-26)23-18-22(34-41-23)17-20-10-12-21(13-11-20)19-38-24-9-7-8-14-31-24/h7-16,18H,17,19H2,1-6H3. The zero-order valence-electron chi connectivity index (χ0n) is 24.0. The second kappa shape index (κ2) is 12.2. The van der Waals surface area contributed by atoms with Crippen LogP contribution < -0.4 is 9.64 Å². The molecule has 0 spiro atoms. The molecular formula is C30H33N5O6. The topological polar surface area (TPSA) is 130 Å². The molecule has 0 saturated heterocycles. The molecule has 0 radical (unpaired) electrons. The number of anilines is 1. The van der Waals surface area contributed by atoms with Gasteiger partial charge in [-0.05, 0) is 58.7 Å². The number of hydrogen-bond acceptors (Lipinski definition) is 10. The number of rotatable bonds is 7. The molecule has 214 valence electrons. The molecule has 0 unspecified atom stereocenters. The van der Waals surface area contributed by atoms with Crippen molar-refractivity contribution in [2.75, 3.05) is 4.90 Å².